The van der Waals surface area contributed by atoms with Crippen LogP contribution in [-0.4, -0.2) is 41.7 Å². The molecule has 3 aliphatic rings. The molecule has 2 bridgehead atoms. The molecule has 4 atom stereocenters. The number of ether oxygens (including phenoxy) is 1. The van der Waals surface area contributed by atoms with Crippen LogP contribution in [0.3, 0.4) is 0 Å². The number of rotatable bonds is 6. The molecule has 0 aromatic heterocycles. The van der Waals surface area contributed by atoms with Crippen molar-refractivity contribution in [3.63, 3.8) is 0 Å². The number of carbonyl (C=O) groups excluding carboxylic acids is 4. The van der Waals surface area contributed by atoms with Gasteiger partial charge in [-0.05, 0) is 43.2 Å². The number of benzene rings is 1. The van der Waals surface area contributed by atoms with Crippen molar-refractivity contribution >= 4 is 52.6 Å². The normalized spacial score (nSPS) is 27.3. The molecule has 1 aromatic carbocycles. The van der Waals surface area contributed by atoms with Gasteiger partial charge in [0.05, 0.1) is 34.0 Å². The van der Waals surface area contributed by atoms with E-state index in [9.17, 15) is 19.2 Å². The molecule has 1 aromatic rings. The van der Waals surface area contributed by atoms with Gasteiger partial charge in [-0.15, -0.1) is 0 Å². The molecule has 0 radical (unpaired) electrons. The highest BCUT2D eigenvalue weighted by Crippen LogP contribution is 2.56. The standard InChI is InChI=1S/C20H20Cl2N2O5/c21-12-2-1-3-13(18(12)22)23-14(25)9-29-15(26)6-7-24-19(27)16-10-4-5-11(8-10)17(16)20(24)28/h1-3,10-11,16-17H,4-9H2,(H,23,25)/t10-,11-,16+,17+/m0/s1. The number of halogens is 2. The van der Waals surface area contributed by atoms with Crippen LogP contribution in [0.2, 0.25) is 10.0 Å². The number of imide groups is 1. The van der Waals surface area contributed by atoms with Crippen LogP contribution in [0.5, 0.6) is 0 Å². The molecule has 3 fully saturated rings. The van der Waals surface area contributed by atoms with Crippen LogP contribution in [0.25, 0.3) is 0 Å². The first-order chi connectivity index (χ1) is 13.9. The molecule has 1 saturated heterocycles. The first-order valence-corrected chi connectivity index (χ1v) is 10.4. The number of hydrogen-bond donors (Lipinski definition) is 1. The monoisotopic (exact) mass is 438 g/mol. The average Bonchev–Trinajstić information content (AvgIpc) is 3.37. The van der Waals surface area contributed by atoms with Crippen molar-refractivity contribution in [3.05, 3.63) is 28.2 Å². The van der Waals surface area contributed by atoms with E-state index in [1.165, 1.54) is 4.90 Å². The lowest BCUT2D eigenvalue weighted by atomic mass is 9.81. The van der Waals surface area contributed by atoms with Crippen molar-refractivity contribution in [1.29, 1.82) is 0 Å². The van der Waals surface area contributed by atoms with E-state index in [2.05, 4.69) is 5.32 Å². The van der Waals surface area contributed by atoms with Gasteiger partial charge in [0, 0.05) is 6.54 Å². The van der Waals surface area contributed by atoms with Gasteiger partial charge in [0.15, 0.2) is 6.61 Å². The summed E-state index contributed by atoms with van der Waals surface area (Å²) in [6.45, 7) is -0.510. The minimum atomic E-state index is -0.655. The van der Waals surface area contributed by atoms with Gasteiger partial charge in [0.1, 0.15) is 0 Å². The van der Waals surface area contributed by atoms with Gasteiger partial charge in [0.25, 0.3) is 5.91 Å². The van der Waals surface area contributed by atoms with E-state index in [0.717, 1.165) is 19.3 Å². The number of nitrogens with zero attached hydrogens (tertiary/aromatic N) is 1. The number of esters is 1. The fourth-order valence-corrected chi connectivity index (χ4v) is 5.25. The maximum atomic E-state index is 12.6. The predicted octanol–water partition coefficient (Wildman–Crippen LogP) is 2.90. The fraction of sp³-hybridized carbons (Fsp3) is 0.500. The highest BCUT2D eigenvalue weighted by Gasteiger charge is 2.60. The lowest BCUT2D eigenvalue weighted by molar-refractivity contribution is -0.149. The Bertz CT molecular complexity index is 862. The SMILES string of the molecule is O=C(COC(=O)CCN1C(=O)[C@@H]2[C@H]3CC[C@@H](C3)[C@H]2C1=O)Nc1cccc(Cl)c1Cl. The molecule has 1 N–H and O–H groups in total. The van der Waals surface area contributed by atoms with Crippen LogP contribution in [0.4, 0.5) is 5.69 Å². The van der Waals surface area contributed by atoms with Gasteiger partial charge in [-0.25, -0.2) is 0 Å². The Morgan fingerprint density at radius 2 is 1.76 bits per heavy atom. The van der Waals surface area contributed by atoms with Crippen molar-refractivity contribution in [2.75, 3.05) is 18.5 Å². The minimum Gasteiger partial charge on any atom is -0.456 e. The molecule has 9 heteroatoms. The average molecular weight is 439 g/mol. The number of amides is 3. The van der Waals surface area contributed by atoms with Crippen LogP contribution in [0.1, 0.15) is 25.7 Å². The minimum absolute atomic E-state index is 0.00925. The summed E-state index contributed by atoms with van der Waals surface area (Å²) < 4.78 is 4.95. The fourth-order valence-electron chi connectivity index (χ4n) is 4.90. The number of hydrogen-bond acceptors (Lipinski definition) is 5. The topological polar surface area (TPSA) is 92.8 Å². The third kappa shape index (κ3) is 3.73. The molecular formula is C20H20Cl2N2O5. The first-order valence-electron chi connectivity index (χ1n) is 9.61. The van der Waals surface area contributed by atoms with E-state index in [1.54, 1.807) is 18.2 Å². The van der Waals surface area contributed by atoms with Gasteiger partial charge < -0.3 is 10.1 Å². The maximum Gasteiger partial charge on any atom is 0.308 e. The van der Waals surface area contributed by atoms with Crippen LogP contribution >= 0.6 is 23.2 Å². The second kappa shape index (κ2) is 7.95. The Labute approximate surface area is 177 Å². The van der Waals surface area contributed by atoms with Crippen LogP contribution in [-0.2, 0) is 23.9 Å². The summed E-state index contributed by atoms with van der Waals surface area (Å²) >= 11 is 11.9. The van der Waals surface area contributed by atoms with E-state index >= 15 is 0 Å². The summed E-state index contributed by atoms with van der Waals surface area (Å²) in [5.41, 5.74) is 0.314. The summed E-state index contributed by atoms with van der Waals surface area (Å²) in [6, 6.07) is 4.78. The van der Waals surface area contributed by atoms with E-state index in [4.69, 9.17) is 27.9 Å². The second-order valence-electron chi connectivity index (χ2n) is 7.77. The van der Waals surface area contributed by atoms with Crippen LogP contribution in [0, 0.1) is 23.7 Å². The Hall–Kier alpha value is -2.12. The number of carbonyl (C=O) groups is 4. The van der Waals surface area contributed by atoms with E-state index < -0.39 is 18.5 Å². The Morgan fingerprint density at radius 1 is 1.10 bits per heavy atom. The van der Waals surface area contributed by atoms with Gasteiger partial charge in [0.2, 0.25) is 11.8 Å². The van der Waals surface area contributed by atoms with Gasteiger partial charge in [-0.1, -0.05) is 29.3 Å². The highest BCUT2D eigenvalue weighted by atomic mass is 35.5. The Kier molecular flexibility index (Phi) is 5.53. The zero-order valence-corrected chi connectivity index (χ0v) is 17.0. The molecule has 3 amide bonds. The van der Waals surface area contributed by atoms with Gasteiger partial charge >= 0.3 is 5.97 Å². The lowest BCUT2D eigenvalue weighted by Gasteiger charge is -2.19. The smallest absolute Gasteiger partial charge is 0.308 e. The van der Waals surface area contributed by atoms with Crippen molar-refractivity contribution < 1.29 is 23.9 Å². The van der Waals surface area contributed by atoms with Crippen molar-refractivity contribution in [3.8, 4) is 0 Å². The van der Waals surface area contributed by atoms with Crippen molar-refractivity contribution in [1.82, 2.24) is 4.90 Å². The quantitative estimate of drug-likeness (QED) is 0.544. The molecule has 2 saturated carbocycles. The van der Waals surface area contributed by atoms with E-state index in [1.807, 2.05) is 0 Å². The third-order valence-electron chi connectivity index (χ3n) is 6.15. The lowest BCUT2D eigenvalue weighted by Crippen LogP contribution is -2.35. The molecule has 0 spiro atoms. The molecule has 1 aliphatic heterocycles. The van der Waals surface area contributed by atoms with E-state index in [0.29, 0.717) is 22.5 Å². The summed E-state index contributed by atoms with van der Waals surface area (Å²) in [5.74, 6) is -1.33. The molecule has 29 heavy (non-hydrogen) atoms. The van der Waals surface area contributed by atoms with Gasteiger partial charge in [-0.3, -0.25) is 24.1 Å². The van der Waals surface area contributed by atoms with E-state index in [-0.39, 0.29) is 41.6 Å². The van der Waals surface area contributed by atoms with Crippen LogP contribution < -0.4 is 5.32 Å². The number of nitrogens with one attached hydrogen (secondary N) is 1. The Balaban J connectivity index is 1.24. The molecule has 154 valence electrons. The second-order valence-corrected chi connectivity index (χ2v) is 8.56. The zero-order chi connectivity index (χ0) is 20.7. The molecule has 1 heterocycles. The molecule has 4 rings (SSSR count). The summed E-state index contributed by atoms with van der Waals surface area (Å²) in [7, 11) is 0. The maximum absolute atomic E-state index is 12.6. The highest BCUT2D eigenvalue weighted by molar-refractivity contribution is 6.44. The first kappa shape index (κ1) is 20.2. The summed E-state index contributed by atoms with van der Waals surface area (Å²) in [5, 5.41) is 3.00. The summed E-state index contributed by atoms with van der Waals surface area (Å²) in [4.78, 5) is 50.3. The number of fused-ring (bicyclic) bond motifs is 5. The molecular weight excluding hydrogens is 419 g/mol. The molecule has 0 unspecified atom stereocenters. The third-order valence-corrected chi connectivity index (χ3v) is 6.97. The molecule has 7 nitrogen and oxygen atoms in total. The summed E-state index contributed by atoms with van der Waals surface area (Å²) in [6.07, 6.45) is 2.84. The number of anilines is 1. The predicted molar refractivity (Wildman–Crippen MR) is 105 cm³/mol. The van der Waals surface area contributed by atoms with Gasteiger partial charge in [-0.2, -0.15) is 0 Å². The van der Waals surface area contributed by atoms with Crippen molar-refractivity contribution in [2.24, 2.45) is 23.7 Å². The van der Waals surface area contributed by atoms with Crippen LogP contribution in [0.15, 0.2) is 18.2 Å². The number of likely N-dealkylation sites (tertiary alicyclic amines) is 1. The Morgan fingerprint density at radius 3 is 2.41 bits per heavy atom. The zero-order valence-electron chi connectivity index (χ0n) is 15.5. The van der Waals surface area contributed by atoms with Crippen molar-refractivity contribution in [2.45, 2.75) is 25.7 Å². The largest absolute Gasteiger partial charge is 0.456 e. The molecule has 2 aliphatic carbocycles.